The summed E-state index contributed by atoms with van der Waals surface area (Å²) in [6.07, 6.45) is 3.93. The van der Waals surface area contributed by atoms with Crippen LogP contribution in [0.25, 0.3) is 0 Å². The van der Waals surface area contributed by atoms with Gasteiger partial charge in [-0.1, -0.05) is 12.8 Å². The van der Waals surface area contributed by atoms with Crippen LogP contribution in [0.3, 0.4) is 0 Å². The second-order valence-electron chi connectivity index (χ2n) is 3.73. The van der Waals surface area contributed by atoms with Gasteiger partial charge in [0.25, 0.3) is 0 Å². The molecule has 1 saturated heterocycles. The molecule has 0 radical (unpaired) electrons. The van der Waals surface area contributed by atoms with Crippen molar-refractivity contribution in [2.75, 3.05) is 7.05 Å². The molecule has 2 fully saturated rings. The molecule has 0 aromatic rings. The topological polar surface area (TPSA) is 49.4 Å². The third-order valence-corrected chi connectivity index (χ3v) is 3.06. The molecule has 0 aromatic carbocycles. The van der Waals surface area contributed by atoms with Crippen molar-refractivity contribution < 1.29 is 9.59 Å². The third kappa shape index (κ3) is 1.16. The number of carbonyl (C=O) groups is 2. The normalized spacial score (nSPS) is 33.8. The Morgan fingerprint density at radius 2 is 1.62 bits per heavy atom. The highest BCUT2D eigenvalue weighted by molar-refractivity contribution is 6.04. The first kappa shape index (κ1) is 8.69. The molecule has 1 aliphatic carbocycles. The lowest BCUT2D eigenvalue weighted by molar-refractivity contribution is -0.143. The van der Waals surface area contributed by atoms with Gasteiger partial charge in [0.15, 0.2) is 0 Å². The Kier molecular flexibility index (Phi) is 2.07. The zero-order chi connectivity index (χ0) is 9.42. The van der Waals surface area contributed by atoms with Crippen LogP contribution in [0.1, 0.15) is 25.7 Å². The Balaban J connectivity index is 2.22. The van der Waals surface area contributed by atoms with E-state index in [4.69, 9.17) is 0 Å². The van der Waals surface area contributed by atoms with Crippen molar-refractivity contribution in [3.8, 4) is 0 Å². The SMILES string of the molecule is CNN1C(=O)C2CCCCC2C1=O. The van der Waals surface area contributed by atoms with E-state index >= 15 is 0 Å². The van der Waals surface area contributed by atoms with Crippen molar-refractivity contribution >= 4 is 11.8 Å². The molecule has 2 unspecified atom stereocenters. The lowest BCUT2D eigenvalue weighted by Crippen LogP contribution is -2.40. The third-order valence-electron chi connectivity index (χ3n) is 3.06. The molecule has 1 N–H and O–H groups in total. The van der Waals surface area contributed by atoms with Gasteiger partial charge in [0.05, 0.1) is 11.8 Å². The van der Waals surface area contributed by atoms with Crippen molar-refractivity contribution in [3.63, 3.8) is 0 Å². The minimum Gasteiger partial charge on any atom is -0.273 e. The summed E-state index contributed by atoms with van der Waals surface area (Å²) >= 11 is 0. The van der Waals surface area contributed by atoms with Crippen LogP contribution in [0.15, 0.2) is 0 Å². The van der Waals surface area contributed by atoms with Crippen LogP contribution in [0.5, 0.6) is 0 Å². The second kappa shape index (κ2) is 3.10. The molecule has 1 saturated carbocycles. The van der Waals surface area contributed by atoms with Crippen molar-refractivity contribution in [2.24, 2.45) is 11.8 Å². The maximum atomic E-state index is 11.6. The molecule has 0 aromatic heterocycles. The first-order valence-corrected chi connectivity index (χ1v) is 4.81. The van der Waals surface area contributed by atoms with Crippen LogP contribution in [-0.4, -0.2) is 23.9 Å². The maximum Gasteiger partial charge on any atom is 0.247 e. The average molecular weight is 182 g/mol. The van der Waals surface area contributed by atoms with E-state index in [9.17, 15) is 9.59 Å². The summed E-state index contributed by atoms with van der Waals surface area (Å²) in [7, 11) is 1.62. The Morgan fingerprint density at radius 3 is 2.00 bits per heavy atom. The summed E-state index contributed by atoms with van der Waals surface area (Å²) in [5.41, 5.74) is 2.65. The van der Waals surface area contributed by atoms with E-state index in [0.29, 0.717) is 0 Å². The molecule has 4 heteroatoms. The molecule has 2 aliphatic rings. The molecule has 13 heavy (non-hydrogen) atoms. The van der Waals surface area contributed by atoms with Crippen LogP contribution >= 0.6 is 0 Å². The number of amides is 2. The molecule has 1 aliphatic heterocycles. The molecular weight excluding hydrogens is 168 g/mol. The van der Waals surface area contributed by atoms with E-state index in [1.807, 2.05) is 0 Å². The van der Waals surface area contributed by atoms with Crippen LogP contribution in [0.2, 0.25) is 0 Å². The fraction of sp³-hybridized carbons (Fsp3) is 0.778. The highest BCUT2D eigenvalue weighted by Crippen LogP contribution is 2.36. The molecule has 4 nitrogen and oxygen atoms in total. The number of hydrazine groups is 1. The molecule has 2 amide bonds. The van der Waals surface area contributed by atoms with Crippen LogP contribution in [0, 0.1) is 11.8 Å². The van der Waals surface area contributed by atoms with Gasteiger partial charge in [0, 0.05) is 7.05 Å². The van der Waals surface area contributed by atoms with E-state index in [-0.39, 0.29) is 23.7 Å². The summed E-state index contributed by atoms with van der Waals surface area (Å²) in [6.45, 7) is 0. The lowest BCUT2D eigenvalue weighted by Gasteiger charge is -2.19. The number of hydrogen-bond donors (Lipinski definition) is 1. The zero-order valence-corrected chi connectivity index (χ0v) is 7.75. The zero-order valence-electron chi connectivity index (χ0n) is 7.75. The lowest BCUT2D eigenvalue weighted by atomic mass is 9.81. The van der Waals surface area contributed by atoms with E-state index < -0.39 is 0 Å². The van der Waals surface area contributed by atoms with Gasteiger partial charge in [-0.25, -0.2) is 10.4 Å². The van der Waals surface area contributed by atoms with E-state index in [0.717, 1.165) is 25.7 Å². The Bertz CT molecular complexity index is 228. The van der Waals surface area contributed by atoms with Gasteiger partial charge in [-0.3, -0.25) is 9.59 Å². The Labute approximate surface area is 77.3 Å². The molecule has 0 bridgehead atoms. The summed E-state index contributed by atoms with van der Waals surface area (Å²) in [5.74, 6) is -0.128. The Hall–Kier alpha value is -0.900. The van der Waals surface area contributed by atoms with Gasteiger partial charge < -0.3 is 0 Å². The maximum absolute atomic E-state index is 11.6. The van der Waals surface area contributed by atoms with Crippen LogP contribution in [-0.2, 0) is 9.59 Å². The number of nitrogens with zero attached hydrogens (tertiary/aromatic N) is 1. The number of rotatable bonds is 1. The van der Waals surface area contributed by atoms with E-state index in [1.54, 1.807) is 7.05 Å². The van der Waals surface area contributed by atoms with Crippen molar-refractivity contribution in [1.29, 1.82) is 0 Å². The molecular formula is C9H14N2O2. The Morgan fingerprint density at radius 1 is 1.15 bits per heavy atom. The summed E-state index contributed by atoms with van der Waals surface area (Å²) in [4.78, 5) is 23.2. The van der Waals surface area contributed by atoms with Crippen molar-refractivity contribution in [3.05, 3.63) is 0 Å². The molecule has 2 rings (SSSR count). The minimum absolute atomic E-state index is 0.0304. The summed E-state index contributed by atoms with van der Waals surface area (Å²) in [6, 6.07) is 0. The average Bonchev–Trinajstić information content (AvgIpc) is 2.41. The first-order chi connectivity index (χ1) is 6.25. The number of carbonyl (C=O) groups excluding carboxylic acids is 2. The first-order valence-electron chi connectivity index (χ1n) is 4.81. The number of fused-ring (bicyclic) bond motifs is 1. The van der Waals surface area contributed by atoms with Crippen LogP contribution in [0.4, 0.5) is 0 Å². The smallest absolute Gasteiger partial charge is 0.247 e. The fourth-order valence-corrected chi connectivity index (χ4v) is 2.38. The largest absolute Gasteiger partial charge is 0.273 e. The number of imide groups is 1. The van der Waals surface area contributed by atoms with E-state index in [1.165, 1.54) is 5.01 Å². The highest BCUT2D eigenvalue weighted by atomic mass is 16.2. The summed E-state index contributed by atoms with van der Waals surface area (Å²) < 4.78 is 0. The molecule has 2 atom stereocenters. The number of hydrogen-bond acceptors (Lipinski definition) is 3. The second-order valence-corrected chi connectivity index (χ2v) is 3.73. The van der Waals surface area contributed by atoms with Crippen molar-refractivity contribution in [1.82, 2.24) is 10.4 Å². The van der Waals surface area contributed by atoms with Gasteiger partial charge in [-0.15, -0.1) is 0 Å². The molecule has 0 spiro atoms. The van der Waals surface area contributed by atoms with Gasteiger partial charge >= 0.3 is 0 Å². The van der Waals surface area contributed by atoms with Gasteiger partial charge in [-0.05, 0) is 12.8 Å². The van der Waals surface area contributed by atoms with E-state index in [2.05, 4.69) is 5.43 Å². The number of nitrogens with one attached hydrogen (secondary N) is 1. The van der Waals surface area contributed by atoms with Crippen LogP contribution < -0.4 is 5.43 Å². The van der Waals surface area contributed by atoms with Gasteiger partial charge in [0.1, 0.15) is 0 Å². The molecule has 72 valence electrons. The highest BCUT2D eigenvalue weighted by Gasteiger charge is 2.47. The summed E-state index contributed by atoms with van der Waals surface area (Å²) in [5, 5.41) is 1.18. The predicted molar refractivity (Wildman–Crippen MR) is 46.4 cm³/mol. The predicted octanol–water partition coefficient (Wildman–Crippen LogP) is 0.296. The quantitative estimate of drug-likeness (QED) is 0.593. The van der Waals surface area contributed by atoms with Gasteiger partial charge in [0.2, 0.25) is 11.8 Å². The van der Waals surface area contributed by atoms with Crippen molar-refractivity contribution in [2.45, 2.75) is 25.7 Å². The monoisotopic (exact) mass is 182 g/mol. The minimum atomic E-state index is -0.0336. The molecule has 1 heterocycles. The van der Waals surface area contributed by atoms with Gasteiger partial charge in [-0.2, -0.15) is 0 Å². The standard InChI is InChI=1S/C9H14N2O2/c1-10-11-8(12)6-4-2-3-5-7(6)9(11)13/h6-7,10H,2-5H2,1H3. The fourth-order valence-electron chi connectivity index (χ4n) is 2.38.